The number of nitrogens with two attached hydrogens (primary N) is 1. The molecule has 2 N–H and O–H groups in total. The molecule has 0 radical (unpaired) electrons. The van der Waals surface area contributed by atoms with Gasteiger partial charge in [-0.1, -0.05) is 0 Å². The lowest BCUT2D eigenvalue weighted by Crippen LogP contribution is -2.35. The van der Waals surface area contributed by atoms with E-state index < -0.39 is 4.92 Å². The molecule has 0 saturated carbocycles. The van der Waals surface area contributed by atoms with Gasteiger partial charge in [-0.25, -0.2) is 4.98 Å². The normalized spacial score (nSPS) is 10.7. The minimum atomic E-state index is -0.454. The molecule has 7 heteroatoms. The second-order valence-electron chi connectivity index (χ2n) is 4.12. The molecule has 1 heterocycles. The van der Waals surface area contributed by atoms with Crippen molar-refractivity contribution >= 4 is 17.3 Å². The molecular weight excluding hydrogens is 236 g/mol. The Bertz CT molecular complexity index is 423. The maximum Gasteiger partial charge on any atom is 0.311 e. The topological polar surface area (TPSA) is 94.5 Å². The molecule has 0 spiro atoms. The van der Waals surface area contributed by atoms with Crippen molar-refractivity contribution in [1.82, 2.24) is 4.98 Å². The van der Waals surface area contributed by atoms with E-state index in [4.69, 9.17) is 10.5 Å². The van der Waals surface area contributed by atoms with Gasteiger partial charge in [0.25, 0.3) is 0 Å². The summed E-state index contributed by atoms with van der Waals surface area (Å²) in [6, 6.07) is 2.86. The highest BCUT2D eigenvalue weighted by Gasteiger charge is 2.23. The highest BCUT2D eigenvalue weighted by Crippen LogP contribution is 2.28. The second-order valence-corrected chi connectivity index (χ2v) is 4.12. The van der Waals surface area contributed by atoms with Crippen molar-refractivity contribution in [3.8, 4) is 0 Å². The third-order valence-corrected chi connectivity index (χ3v) is 2.50. The maximum absolute atomic E-state index is 11.0. The lowest BCUT2D eigenvalue weighted by molar-refractivity contribution is -0.384. The predicted octanol–water partition coefficient (Wildman–Crippen LogP) is 1.43. The van der Waals surface area contributed by atoms with E-state index in [0.29, 0.717) is 13.2 Å². The van der Waals surface area contributed by atoms with Gasteiger partial charge in [-0.15, -0.1) is 0 Å². The van der Waals surface area contributed by atoms with Crippen molar-refractivity contribution in [1.29, 1.82) is 0 Å². The summed E-state index contributed by atoms with van der Waals surface area (Å²) in [5.74, 6) is 0.547. The van der Waals surface area contributed by atoms with E-state index in [-0.39, 0.29) is 23.4 Å². The summed E-state index contributed by atoms with van der Waals surface area (Å²) in [5.41, 5.74) is 5.56. The van der Waals surface area contributed by atoms with Crippen molar-refractivity contribution in [2.75, 3.05) is 30.9 Å². The van der Waals surface area contributed by atoms with Crippen LogP contribution in [-0.2, 0) is 4.74 Å². The lowest BCUT2D eigenvalue weighted by atomic mass is 10.2. The molecular formula is C11H18N4O3. The smallest absolute Gasteiger partial charge is 0.311 e. The Morgan fingerprint density at radius 3 is 2.72 bits per heavy atom. The molecule has 0 aromatic carbocycles. The first-order chi connectivity index (χ1) is 8.47. The monoisotopic (exact) mass is 254 g/mol. The molecule has 7 nitrogen and oxygen atoms in total. The quantitative estimate of drug-likeness (QED) is 0.609. The maximum atomic E-state index is 11.0. The number of rotatable bonds is 6. The molecule has 0 bridgehead atoms. The van der Waals surface area contributed by atoms with E-state index in [9.17, 15) is 10.1 Å². The van der Waals surface area contributed by atoms with Crippen LogP contribution in [-0.4, -0.2) is 36.2 Å². The predicted molar refractivity (Wildman–Crippen MR) is 69.7 cm³/mol. The molecule has 1 aromatic rings. The van der Waals surface area contributed by atoms with Crippen LogP contribution in [0.25, 0.3) is 0 Å². The fourth-order valence-electron chi connectivity index (χ4n) is 1.61. The van der Waals surface area contributed by atoms with Crippen molar-refractivity contribution in [2.24, 2.45) is 0 Å². The first kappa shape index (κ1) is 14.2. The Morgan fingerprint density at radius 2 is 2.22 bits per heavy atom. The zero-order valence-electron chi connectivity index (χ0n) is 10.8. The number of nitro groups is 1. The molecule has 0 aliphatic rings. The van der Waals surface area contributed by atoms with Gasteiger partial charge in [0.1, 0.15) is 5.82 Å². The summed E-state index contributed by atoms with van der Waals surface area (Å²) in [6.07, 6.45) is 0. The molecule has 0 aliphatic carbocycles. The van der Waals surface area contributed by atoms with Crippen LogP contribution in [0.3, 0.4) is 0 Å². The van der Waals surface area contributed by atoms with Gasteiger partial charge in [0.15, 0.2) is 0 Å². The van der Waals surface area contributed by atoms with Crippen LogP contribution in [0, 0.1) is 10.1 Å². The van der Waals surface area contributed by atoms with Crippen molar-refractivity contribution in [3.05, 3.63) is 22.2 Å². The van der Waals surface area contributed by atoms with E-state index in [1.165, 1.54) is 12.1 Å². The van der Waals surface area contributed by atoms with Crippen molar-refractivity contribution < 1.29 is 9.66 Å². The van der Waals surface area contributed by atoms with Gasteiger partial charge in [-0.3, -0.25) is 10.1 Å². The summed E-state index contributed by atoms with van der Waals surface area (Å²) >= 11 is 0. The van der Waals surface area contributed by atoms with E-state index in [1.807, 2.05) is 13.8 Å². The van der Waals surface area contributed by atoms with E-state index in [1.54, 1.807) is 12.0 Å². The Kier molecular flexibility index (Phi) is 4.85. The summed E-state index contributed by atoms with van der Waals surface area (Å²) in [5, 5.41) is 11.0. The lowest BCUT2D eigenvalue weighted by Gasteiger charge is -2.27. The average molecular weight is 254 g/mol. The first-order valence-electron chi connectivity index (χ1n) is 5.63. The number of pyridine rings is 1. The van der Waals surface area contributed by atoms with Crippen LogP contribution in [0.4, 0.5) is 17.3 Å². The van der Waals surface area contributed by atoms with Crippen LogP contribution >= 0.6 is 0 Å². The molecule has 0 unspecified atom stereocenters. The number of nitrogens with zero attached hydrogens (tertiary/aromatic N) is 3. The Morgan fingerprint density at radius 1 is 1.56 bits per heavy atom. The van der Waals surface area contributed by atoms with Gasteiger partial charge in [0.2, 0.25) is 5.82 Å². The molecule has 1 rings (SSSR count). The van der Waals surface area contributed by atoms with Crippen LogP contribution in [0.15, 0.2) is 12.1 Å². The van der Waals surface area contributed by atoms with Crippen molar-refractivity contribution in [2.45, 2.75) is 19.9 Å². The van der Waals surface area contributed by atoms with E-state index in [0.717, 1.165) is 0 Å². The molecule has 0 aliphatic heterocycles. The third-order valence-electron chi connectivity index (χ3n) is 2.50. The highest BCUT2D eigenvalue weighted by molar-refractivity contribution is 5.61. The summed E-state index contributed by atoms with van der Waals surface area (Å²) in [6.45, 7) is 4.85. The molecule has 18 heavy (non-hydrogen) atoms. The summed E-state index contributed by atoms with van der Waals surface area (Å²) in [4.78, 5) is 16.4. The molecule has 0 amide bonds. The number of hydrogen-bond acceptors (Lipinski definition) is 6. The Labute approximate surface area is 106 Å². The van der Waals surface area contributed by atoms with Crippen LogP contribution in [0.2, 0.25) is 0 Å². The summed E-state index contributed by atoms with van der Waals surface area (Å²) < 4.78 is 5.00. The Hall–Kier alpha value is -1.89. The largest absolute Gasteiger partial charge is 0.384 e. The Balaban J connectivity index is 3.16. The molecule has 0 atom stereocenters. The number of aromatic nitrogens is 1. The highest BCUT2D eigenvalue weighted by atomic mass is 16.6. The second kappa shape index (κ2) is 6.15. The molecule has 0 fully saturated rings. The zero-order chi connectivity index (χ0) is 13.7. The number of anilines is 2. The van der Waals surface area contributed by atoms with Gasteiger partial charge in [0, 0.05) is 25.8 Å². The molecule has 0 saturated heterocycles. The van der Waals surface area contributed by atoms with Crippen LogP contribution in [0.1, 0.15) is 13.8 Å². The SMILES string of the molecule is COCCN(c1nc(N)ccc1[N+](=O)[O-])C(C)C. The summed E-state index contributed by atoms with van der Waals surface area (Å²) in [7, 11) is 1.58. The first-order valence-corrected chi connectivity index (χ1v) is 5.63. The van der Waals surface area contributed by atoms with Crippen molar-refractivity contribution in [3.63, 3.8) is 0 Å². The fourth-order valence-corrected chi connectivity index (χ4v) is 1.61. The van der Waals surface area contributed by atoms with E-state index in [2.05, 4.69) is 4.98 Å². The number of nitrogen functional groups attached to an aromatic ring is 1. The van der Waals surface area contributed by atoms with Gasteiger partial charge < -0.3 is 15.4 Å². The number of ether oxygens (including phenoxy) is 1. The van der Waals surface area contributed by atoms with Gasteiger partial charge in [-0.2, -0.15) is 0 Å². The minimum Gasteiger partial charge on any atom is -0.384 e. The standard InChI is InChI=1S/C11H18N4O3/c1-8(2)14(6-7-18-3)11-9(15(16)17)4-5-10(12)13-11/h4-5,8H,6-7H2,1-3H3,(H2,12,13). The van der Waals surface area contributed by atoms with Crippen LogP contribution in [0.5, 0.6) is 0 Å². The fraction of sp³-hybridized carbons (Fsp3) is 0.545. The van der Waals surface area contributed by atoms with Crippen LogP contribution < -0.4 is 10.6 Å². The van der Waals surface area contributed by atoms with Gasteiger partial charge in [-0.05, 0) is 19.9 Å². The molecule has 1 aromatic heterocycles. The van der Waals surface area contributed by atoms with E-state index >= 15 is 0 Å². The zero-order valence-corrected chi connectivity index (χ0v) is 10.8. The average Bonchev–Trinajstić information content (AvgIpc) is 2.28. The van der Waals surface area contributed by atoms with Gasteiger partial charge >= 0.3 is 5.69 Å². The number of methoxy groups -OCH3 is 1. The minimum absolute atomic E-state index is 0.0472. The third kappa shape index (κ3) is 3.30. The van der Waals surface area contributed by atoms with Gasteiger partial charge in [0.05, 0.1) is 11.5 Å². The molecule has 100 valence electrons. The number of hydrogen-bond donors (Lipinski definition) is 1.